The van der Waals surface area contributed by atoms with Crippen LogP contribution in [0, 0.1) is 0 Å². The van der Waals surface area contributed by atoms with Crippen LogP contribution in [0.4, 0.5) is 5.69 Å². The zero-order valence-electron chi connectivity index (χ0n) is 15.3. The molecule has 0 atom stereocenters. The Balaban J connectivity index is 1.78. The highest BCUT2D eigenvalue weighted by molar-refractivity contribution is 7.89. The maximum Gasteiger partial charge on any atom is 0.339 e. The molecule has 1 aromatic heterocycles. The van der Waals surface area contributed by atoms with Crippen LogP contribution in [0.15, 0.2) is 29.3 Å². The van der Waals surface area contributed by atoms with Crippen LogP contribution in [-0.4, -0.2) is 37.9 Å². The molecule has 3 N–H and O–H groups in total. The zero-order valence-corrected chi connectivity index (χ0v) is 16.1. The van der Waals surface area contributed by atoms with Gasteiger partial charge in [-0.25, -0.2) is 17.9 Å². The number of esters is 1. The molecule has 9 heteroatoms. The molecule has 0 aliphatic carbocycles. The summed E-state index contributed by atoms with van der Waals surface area (Å²) in [7, 11) is -3.69. The molecule has 1 aromatic carbocycles. The van der Waals surface area contributed by atoms with Crippen LogP contribution in [0.1, 0.15) is 41.0 Å². The van der Waals surface area contributed by atoms with Crippen molar-refractivity contribution in [2.45, 2.75) is 31.2 Å². The Morgan fingerprint density at radius 2 is 2.00 bits per heavy atom. The molecule has 2 aliphatic heterocycles. The maximum absolute atomic E-state index is 12.5. The molecule has 0 spiro atoms. The third kappa shape index (κ3) is 3.12. The number of ether oxygens (including phenoxy) is 1. The number of cyclic esters (lactones) is 1. The van der Waals surface area contributed by atoms with Gasteiger partial charge in [-0.3, -0.25) is 4.79 Å². The predicted molar refractivity (Wildman–Crippen MR) is 103 cm³/mol. The minimum atomic E-state index is -3.69. The Kier molecular flexibility index (Phi) is 4.35. The van der Waals surface area contributed by atoms with E-state index in [1.54, 1.807) is 32.2 Å². The second-order valence-electron chi connectivity index (χ2n) is 6.98. The van der Waals surface area contributed by atoms with E-state index in [1.807, 2.05) is 0 Å². The number of sulfonamides is 1. The number of anilines is 1. The lowest BCUT2D eigenvalue weighted by atomic mass is 10.0. The van der Waals surface area contributed by atoms with Gasteiger partial charge >= 0.3 is 5.97 Å². The van der Waals surface area contributed by atoms with Crippen molar-refractivity contribution in [3.05, 3.63) is 46.8 Å². The minimum absolute atomic E-state index is 0.0828. The fourth-order valence-corrected chi connectivity index (χ4v) is 4.65. The molecule has 4 rings (SSSR count). The Bertz CT molecular complexity index is 1130. The van der Waals surface area contributed by atoms with E-state index >= 15 is 0 Å². The first-order valence-corrected chi connectivity index (χ1v) is 10.3. The number of aromatic amines is 1. The van der Waals surface area contributed by atoms with Gasteiger partial charge in [0.15, 0.2) is 0 Å². The van der Waals surface area contributed by atoms with E-state index in [1.165, 1.54) is 12.1 Å². The van der Waals surface area contributed by atoms with Gasteiger partial charge in [0.2, 0.25) is 10.0 Å². The third-order valence-electron chi connectivity index (χ3n) is 4.59. The maximum atomic E-state index is 12.5. The van der Waals surface area contributed by atoms with Crippen molar-refractivity contribution in [2.75, 3.05) is 11.9 Å². The Morgan fingerprint density at radius 1 is 1.21 bits per heavy atom. The summed E-state index contributed by atoms with van der Waals surface area (Å²) in [4.78, 5) is 27.4. The normalized spacial score (nSPS) is 17.5. The molecular formula is C19H19N3O5S. The smallest absolute Gasteiger partial charge is 0.339 e. The Hall–Kier alpha value is -2.91. The summed E-state index contributed by atoms with van der Waals surface area (Å²) in [6.07, 6.45) is 3.75. The van der Waals surface area contributed by atoms with Crippen molar-refractivity contribution < 1.29 is 22.7 Å². The second kappa shape index (κ2) is 6.61. The van der Waals surface area contributed by atoms with Crippen molar-refractivity contribution in [1.29, 1.82) is 0 Å². The molecule has 0 saturated heterocycles. The molecule has 8 nitrogen and oxygen atoms in total. The number of rotatable bonds is 4. The number of amides is 1. The minimum Gasteiger partial charge on any atom is -0.462 e. The van der Waals surface area contributed by atoms with Crippen molar-refractivity contribution in [1.82, 2.24) is 9.71 Å². The second-order valence-corrected chi connectivity index (χ2v) is 8.69. The number of H-pyrrole nitrogens is 1. The molecule has 0 unspecified atom stereocenters. The number of aromatic nitrogens is 1. The van der Waals surface area contributed by atoms with Crippen LogP contribution in [0.2, 0.25) is 0 Å². The molecule has 2 aromatic rings. The number of hydrogen-bond donors (Lipinski definition) is 3. The Labute approximate surface area is 162 Å². The summed E-state index contributed by atoms with van der Waals surface area (Å²) in [5.41, 5.74) is 3.25. The summed E-state index contributed by atoms with van der Waals surface area (Å²) in [5.74, 6) is -0.727. The van der Waals surface area contributed by atoms with Crippen molar-refractivity contribution >= 4 is 39.2 Å². The van der Waals surface area contributed by atoms with Gasteiger partial charge < -0.3 is 15.0 Å². The van der Waals surface area contributed by atoms with Crippen LogP contribution < -0.4 is 10.0 Å². The molecule has 2 aliphatic rings. The average Bonchev–Trinajstić information content (AvgIpc) is 3.16. The average molecular weight is 401 g/mol. The molecule has 0 bridgehead atoms. The molecule has 3 heterocycles. The van der Waals surface area contributed by atoms with Gasteiger partial charge in [0.25, 0.3) is 5.91 Å². The molecule has 0 fully saturated rings. The van der Waals surface area contributed by atoms with E-state index in [4.69, 9.17) is 4.74 Å². The van der Waals surface area contributed by atoms with Crippen LogP contribution in [0.3, 0.4) is 0 Å². The van der Waals surface area contributed by atoms with Crippen LogP contribution in [-0.2, 0) is 26.0 Å². The number of carbonyl (C=O) groups is 2. The van der Waals surface area contributed by atoms with E-state index in [0.29, 0.717) is 34.5 Å². The fourth-order valence-electron chi connectivity index (χ4n) is 3.37. The van der Waals surface area contributed by atoms with Crippen molar-refractivity contribution in [2.24, 2.45) is 0 Å². The Morgan fingerprint density at radius 3 is 2.75 bits per heavy atom. The topological polar surface area (TPSA) is 117 Å². The third-order valence-corrected chi connectivity index (χ3v) is 6.25. The highest BCUT2D eigenvalue weighted by Crippen LogP contribution is 2.35. The summed E-state index contributed by atoms with van der Waals surface area (Å²) in [6, 6.07) is 4.26. The number of nitrogens with one attached hydrogen (secondary N) is 3. The molecule has 1 amide bonds. The summed E-state index contributed by atoms with van der Waals surface area (Å²) in [6.45, 7) is 3.76. The lowest BCUT2D eigenvalue weighted by Crippen LogP contribution is -2.30. The van der Waals surface area contributed by atoms with Gasteiger partial charge in [0.05, 0.1) is 22.6 Å². The molecule has 28 heavy (non-hydrogen) atoms. The monoisotopic (exact) mass is 401 g/mol. The summed E-state index contributed by atoms with van der Waals surface area (Å²) < 4.78 is 32.5. The molecule has 146 valence electrons. The van der Waals surface area contributed by atoms with Gasteiger partial charge in [0.1, 0.15) is 0 Å². The first-order valence-electron chi connectivity index (χ1n) is 8.83. The SMILES string of the molecule is CC(C)NS(=O)(=O)c1ccc2c(c1)/C(=C/c1[nH]cc3c1CCOC3=O)C(=O)N2. The molecule has 0 saturated carbocycles. The van der Waals surface area contributed by atoms with Crippen LogP contribution in [0.5, 0.6) is 0 Å². The highest BCUT2D eigenvalue weighted by atomic mass is 32.2. The van der Waals surface area contributed by atoms with E-state index < -0.39 is 16.0 Å². The number of carbonyl (C=O) groups excluding carboxylic acids is 2. The standard InChI is InChI=1S/C19H19N3O5S/c1-10(2)22-28(25,26)11-3-4-16-13(7-11)14(18(23)21-16)8-17-12-5-6-27-19(24)15(12)9-20-17/h3-4,7-10,20,22H,5-6H2,1-2H3,(H,21,23)/b14-8-. The van der Waals surface area contributed by atoms with Gasteiger partial charge in [-0.05, 0) is 43.7 Å². The first kappa shape index (κ1) is 18.5. The molecular weight excluding hydrogens is 382 g/mol. The lowest BCUT2D eigenvalue weighted by molar-refractivity contribution is -0.110. The van der Waals surface area contributed by atoms with Crippen molar-refractivity contribution in [3.63, 3.8) is 0 Å². The summed E-state index contributed by atoms with van der Waals surface area (Å²) in [5, 5.41) is 2.74. The van der Waals surface area contributed by atoms with E-state index in [9.17, 15) is 18.0 Å². The largest absolute Gasteiger partial charge is 0.462 e. The van der Waals surface area contributed by atoms with Gasteiger partial charge in [-0.1, -0.05) is 0 Å². The van der Waals surface area contributed by atoms with Gasteiger partial charge in [-0.15, -0.1) is 0 Å². The predicted octanol–water partition coefficient (Wildman–Crippen LogP) is 1.91. The van der Waals surface area contributed by atoms with E-state index in [-0.39, 0.29) is 23.5 Å². The summed E-state index contributed by atoms with van der Waals surface area (Å²) >= 11 is 0. The van der Waals surface area contributed by atoms with Crippen LogP contribution in [0.25, 0.3) is 11.6 Å². The molecule has 0 radical (unpaired) electrons. The first-order chi connectivity index (χ1) is 13.3. The number of benzene rings is 1. The van der Waals surface area contributed by atoms with Crippen LogP contribution >= 0.6 is 0 Å². The number of hydrogen-bond acceptors (Lipinski definition) is 5. The lowest BCUT2D eigenvalue weighted by Gasteiger charge is -2.12. The van der Waals surface area contributed by atoms with E-state index in [0.717, 1.165) is 5.56 Å². The fraction of sp³-hybridized carbons (Fsp3) is 0.263. The van der Waals surface area contributed by atoms with Crippen molar-refractivity contribution in [3.8, 4) is 0 Å². The highest BCUT2D eigenvalue weighted by Gasteiger charge is 2.29. The number of fused-ring (bicyclic) bond motifs is 2. The quantitative estimate of drug-likeness (QED) is 0.534. The van der Waals surface area contributed by atoms with Gasteiger partial charge in [0, 0.05) is 35.6 Å². The van der Waals surface area contributed by atoms with Gasteiger partial charge in [-0.2, -0.15) is 0 Å². The zero-order chi connectivity index (χ0) is 20.1. The van der Waals surface area contributed by atoms with E-state index in [2.05, 4.69) is 15.0 Å².